The molecule has 0 unspecified atom stereocenters. The summed E-state index contributed by atoms with van der Waals surface area (Å²) in [5, 5.41) is 1.73. The summed E-state index contributed by atoms with van der Waals surface area (Å²) in [5.74, 6) is 0.304. The average molecular weight is 427 g/mol. The van der Waals surface area contributed by atoms with Gasteiger partial charge in [-0.2, -0.15) is 0 Å². The van der Waals surface area contributed by atoms with Crippen LogP contribution in [0.5, 0.6) is 5.75 Å². The van der Waals surface area contributed by atoms with Gasteiger partial charge in [-0.3, -0.25) is 4.79 Å². The van der Waals surface area contributed by atoms with Crippen LogP contribution < -0.4 is 9.46 Å². The van der Waals surface area contributed by atoms with Crippen molar-refractivity contribution in [2.45, 2.75) is 35.9 Å². The molecule has 3 rings (SSSR count). The van der Waals surface area contributed by atoms with E-state index in [2.05, 4.69) is 4.72 Å². The summed E-state index contributed by atoms with van der Waals surface area (Å²) in [7, 11) is -3.48. The number of amides is 1. The number of likely N-dealkylation sites (tertiary alicyclic amines) is 1. The maximum Gasteiger partial charge on any atom is 0.250 e. The molecule has 2 heterocycles. The minimum absolute atomic E-state index is 0.0438. The third-order valence-electron chi connectivity index (χ3n) is 4.55. The highest BCUT2D eigenvalue weighted by atomic mass is 32.2. The van der Waals surface area contributed by atoms with Crippen molar-refractivity contribution in [2.75, 3.05) is 19.7 Å². The Bertz CT molecular complexity index is 862. The van der Waals surface area contributed by atoms with Crippen molar-refractivity contribution in [3.63, 3.8) is 0 Å². The fourth-order valence-corrected chi connectivity index (χ4v) is 5.36. The van der Waals surface area contributed by atoms with Crippen molar-refractivity contribution in [1.29, 1.82) is 0 Å². The number of benzene rings is 1. The fourth-order valence-electron chi connectivity index (χ4n) is 3.04. The van der Waals surface area contributed by atoms with E-state index in [9.17, 15) is 17.6 Å². The first-order chi connectivity index (χ1) is 13.4. The highest BCUT2D eigenvalue weighted by Gasteiger charge is 2.26. The zero-order valence-electron chi connectivity index (χ0n) is 15.3. The monoisotopic (exact) mass is 426 g/mol. The number of thiophene rings is 1. The molecule has 1 fully saturated rings. The van der Waals surface area contributed by atoms with Crippen LogP contribution in [0.3, 0.4) is 0 Å². The van der Waals surface area contributed by atoms with Crippen LogP contribution in [0, 0.1) is 5.82 Å². The summed E-state index contributed by atoms with van der Waals surface area (Å²) in [5.41, 5.74) is 0. The summed E-state index contributed by atoms with van der Waals surface area (Å²) >= 11 is 1.19. The van der Waals surface area contributed by atoms with E-state index in [-0.39, 0.29) is 17.8 Å². The molecule has 1 aliphatic rings. The molecular weight excluding hydrogens is 403 g/mol. The molecule has 0 spiro atoms. The standard InChI is InChI=1S/C19H23FN2O4S2/c20-15-5-7-17(8-6-15)26-13-1-3-18(23)22-11-9-16(10-12-22)21-28(24,25)19-4-2-14-27-19/h2,4-8,14,16,21H,1,3,9-13H2. The van der Waals surface area contributed by atoms with Crippen molar-refractivity contribution in [3.8, 4) is 5.75 Å². The Morgan fingerprint density at radius 1 is 1.21 bits per heavy atom. The van der Waals surface area contributed by atoms with E-state index in [0.717, 1.165) is 0 Å². The van der Waals surface area contributed by atoms with Gasteiger partial charge in [-0.05, 0) is 55.0 Å². The Morgan fingerprint density at radius 2 is 1.93 bits per heavy atom. The van der Waals surface area contributed by atoms with Gasteiger partial charge in [0, 0.05) is 25.6 Å². The molecule has 1 aromatic heterocycles. The number of hydrogen-bond donors (Lipinski definition) is 1. The molecule has 1 amide bonds. The van der Waals surface area contributed by atoms with Crippen LogP contribution >= 0.6 is 11.3 Å². The molecule has 6 nitrogen and oxygen atoms in total. The van der Waals surface area contributed by atoms with E-state index in [0.29, 0.717) is 55.3 Å². The van der Waals surface area contributed by atoms with E-state index in [4.69, 9.17) is 4.74 Å². The predicted octanol–water partition coefficient (Wildman–Crippen LogP) is 3.02. The normalized spacial score (nSPS) is 15.5. The number of piperidine rings is 1. The minimum atomic E-state index is -3.48. The highest BCUT2D eigenvalue weighted by molar-refractivity contribution is 7.91. The SMILES string of the molecule is O=C(CCCOc1ccc(F)cc1)N1CCC(NS(=O)(=O)c2cccs2)CC1. The van der Waals surface area contributed by atoms with E-state index in [1.165, 1.54) is 23.5 Å². The second-order valence-electron chi connectivity index (χ2n) is 6.61. The first-order valence-electron chi connectivity index (χ1n) is 9.16. The van der Waals surface area contributed by atoms with Crippen molar-refractivity contribution in [1.82, 2.24) is 9.62 Å². The smallest absolute Gasteiger partial charge is 0.250 e. The number of carbonyl (C=O) groups excluding carboxylic acids is 1. The number of rotatable bonds is 8. The third-order valence-corrected chi connectivity index (χ3v) is 7.46. The zero-order valence-corrected chi connectivity index (χ0v) is 17.0. The molecule has 0 atom stereocenters. The second kappa shape index (κ2) is 9.49. The van der Waals surface area contributed by atoms with Crippen LogP contribution in [0.25, 0.3) is 0 Å². The van der Waals surface area contributed by atoms with Crippen LogP contribution in [0.2, 0.25) is 0 Å². The van der Waals surface area contributed by atoms with E-state index in [1.54, 1.807) is 34.5 Å². The van der Waals surface area contributed by atoms with Crippen LogP contribution in [0.1, 0.15) is 25.7 Å². The Kier molecular flexibility index (Phi) is 7.03. The number of carbonyl (C=O) groups is 1. The van der Waals surface area contributed by atoms with Gasteiger partial charge in [0.25, 0.3) is 0 Å². The van der Waals surface area contributed by atoms with E-state index >= 15 is 0 Å². The molecule has 1 aromatic carbocycles. The van der Waals surface area contributed by atoms with Crippen molar-refractivity contribution in [3.05, 3.63) is 47.6 Å². The van der Waals surface area contributed by atoms with Crippen LogP contribution in [-0.2, 0) is 14.8 Å². The van der Waals surface area contributed by atoms with Crippen molar-refractivity contribution >= 4 is 27.3 Å². The second-order valence-corrected chi connectivity index (χ2v) is 9.50. The molecule has 0 aliphatic carbocycles. The quantitative estimate of drug-likeness (QED) is 0.659. The first-order valence-corrected chi connectivity index (χ1v) is 11.5. The lowest BCUT2D eigenvalue weighted by molar-refractivity contribution is -0.132. The summed E-state index contributed by atoms with van der Waals surface area (Å²) in [6.45, 7) is 1.46. The first kappa shape index (κ1) is 20.8. The average Bonchev–Trinajstić information content (AvgIpc) is 3.23. The van der Waals surface area contributed by atoms with Crippen LogP contribution in [0.15, 0.2) is 46.0 Å². The van der Waals surface area contributed by atoms with Crippen molar-refractivity contribution in [2.24, 2.45) is 0 Å². The Morgan fingerprint density at radius 3 is 2.57 bits per heavy atom. The molecule has 0 radical (unpaired) electrons. The van der Waals surface area contributed by atoms with Gasteiger partial charge in [0.1, 0.15) is 15.8 Å². The number of nitrogens with zero attached hydrogens (tertiary/aromatic N) is 1. The van der Waals surface area contributed by atoms with Gasteiger partial charge in [0.15, 0.2) is 0 Å². The number of sulfonamides is 1. The van der Waals surface area contributed by atoms with Gasteiger partial charge in [0.2, 0.25) is 15.9 Å². The Labute approximate surface area is 168 Å². The van der Waals surface area contributed by atoms with E-state index < -0.39 is 10.0 Å². The van der Waals surface area contributed by atoms with Gasteiger partial charge >= 0.3 is 0 Å². The lowest BCUT2D eigenvalue weighted by Crippen LogP contribution is -2.46. The Hall–Kier alpha value is -1.97. The third kappa shape index (κ3) is 5.76. The number of ether oxygens (including phenoxy) is 1. The fraction of sp³-hybridized carbons (Fsp3) is 0.421. The molecule has 28 heavy (non-hydrogen) atoms. The minimum Gasteiger partial charge on any atom is -0.494 e. The van der Waals surface area contributed by atoms with E-state index in [1.807, 2.05) is 0 Å². The molecular formula is C19H23FN2O4S2. The molecule has 152 valence electrons. The van der Waals surface area contributed by atoms with Gasteiger partial charge in [-0.15, -0.1) is 11.3 Å². The highest BCUT2D eigenvalue weighted by Crippen LogP contribution is 2.19. The summed E-state index contributed by atoms with van der Waals surface area (Å²) in [4.78, 5) is 14.1. The largest absolute Gasteiger partial charge is 0.494 e. The molecule has 1 aliphatic heterocycles. The van der Waals surface area contributed by atoms with Crippen LogP contribution in [-0.4, -0.2) is 45.0 Å². The molecule has 9 heteroatoms. The molecule has 0 bridgehead atoms. The number of hydrogen-bond acceptors (Lipinski definition) is 5. The van der Waals surface area contributed by atoms with Gasteiger partial charge in [0.05, 0.1) is 6.61 Å². The van der Waals surface area contributed by atoms with Crippen molar-refractivity contribution < 1.29 is 22.3 Å². The number of halogens is 1. The predicted molar refractivity (Wildman–Crippen MR) is 105 cm³/mol. The maximum absolute atomic E-state index is 12.8. The lowest BCUT2D eigenvalue weighted by Gasteiger charge is -2.32. The lowest BCUT2D eigenvalue weighted by atomic mass is 10.1. The molecule has 1 saturated heterocycles. The Balaban J connectivity index is 1.36. The topological polar surface area (TPSA) is 75.7 Å². The molecule has 1 N–H and O–H groups in total. The molecule has 0 saturated carbocycles. The van der Waals surface area contributed by atoms with Gasteiger partial charge in [-0.1, -0.05) is 6.07 Å². The van der Waals surface area contributed by atoms with Gasteiger partial charge < -0.3 is 9.64 Å². The number of nitrogens with one attached hydrogen (secondary N) is 1. The van der Waals surface area contributed by atoms with Crippen LogP contribution in [0.4, 0.5) is 4.39 Å². The summed E-state index contributed by atoms with van der Waals surface area (Å²) in [6.07, 6.45) is 2.14. The maximum atomic E-state index is 12.8. The molecule has 2 aromatic rings. The summed E-state index contributed by atoms with van der Waals surface area (Å²) < 4.78 is 45.9. The zero-order chi connectivity index (χ0) is 20.0. The van der Waals surface area contributed by atoms with Gasteiger partial charge in [-0.25, -0.2) is 17.5 Å². The summed E-state index contributed by atoms with van der Waals surface area (Å²) in [6, 6.07) is 8.91.